The number of nitrogens with zero attached hydrogens (tertiary/aromatic N) is 1. The molecule has 0 unspecified atom stereocenters. The highest BCUT2D eigenvalue weighted by Crippen LogP contribution is 2.26. The van der Waals surface area contributed by atoms with Gasteiger partial charge < -0.3 is 4.90 Å². The minimum absolute atomic E-state index is 0.0419. The van der Waals surface area contributed by atoms with Crippen LogP contribution in [0.15, 0.2) is 18.2 Å². The number of rotatable bonds is 3. The Morgan fingerprint density at radius 2 is 1.95 bits per heavy atom. The second kappa shape index (κ2) is 5.28. The summed E-state index contributed by atoms with van der Waals surface area (Å²) in [5, 5.41) is -0.336. The quantitative estimate of drug-likeness (QED) is 0.792. The van der Waals surface area contributed by atoms with Crippen molar-refractivity contribution in [3.8, 4) is 0 Å². The zero-order valence-corrected chi connectivity index (χ0v) is 11.5. The van der Waals surface area contributed by atoms with Crippen LogP contribution in [0.5, 0.6) is 0 Å². The molecule has 0 radical (unpaired) electrons. The van der Waals surface area contributed by atoms with Crippen LogP contribution < -0.4 is 4.90 Å². The number of aldehydes is 1. The van der Waals surface area contributed by atoms with Crippen LogP contribution in [-0.4, -0.2) is 39.3 Å². The van der Waals surface area contributed by atoms with Crippen LogP contribution in [0, 0.1) is 5.82 Å². The Labute approximate surface area is 112 Å². The number of anilines is 1. The van der Waals surface area contributed by atoms with Gasteiger partial charge in [0.15, 0.2) is 6.29 Å². The van der Waals surface area contributed by atoms with Gasteiger partial charge in [-0.25, -0.2) is 12.8 Å². The fourth-order valence-corrected chi connectivity index (χ4v) is 3.51. The maximum Gasteiger partial charge on any atom is 0.155 e. The zero-order chi connectivity index (χ0) is 14.0. The predicted octanol–water partition coefficient (Wildman–Crippen LogP) is 1.65. The van der Waals surface area contributed by atoms with E-state index in [0.29, 0.717) is 37.9 Å². The molecular formula is C13H16FNO3S. The van der Waals surface area contributed by atoms with E-state index in [-0.39, 0.29) is 10.8 Å². The first-order chi connectivity index (χ1) is 8.93. The predicted molar refractivity (Wildman–Crippen MR) is 71.9 cm³/mol. The van der Waals surface area contributed by atoms with Gasteiger partial charge in [0.05, 0.1) is 16.5 Å². The molecule has 0 atom stereocenters. The number of carbonyl (C=O) groups is 1. The van der Waals surface area contributed by atoms with Crippen LogP contribution >= 0.6 is 0 Å². The highest BCUT2D eigenvalue weighted by Gasteiger charge is 2.27. The molecule has 19 heavy (non-hydrogen) atoms. The lowest BCUT2D eigenvalue weighted by atomic mass is 10.1. The molecule has 0 bridgehead atoms. The van der Waals surface area contributed by atoms with Gasteiger partial charge >= 0.3 is 0 Å². The molecule has 0 spiro atoms. The normalized spacial score (nSPS) is 17.5. The molecular weight excluding hydrogens is 269 g/mol. The van der Waals surface area contributed by atoms with Crippen molar-refractivity contribution in [1.29, 1.82) is 0 Å². The summed E-state index contributed by atoms with van der Waals surface area (Å²) in [5.74, 6) is -0.544. The minimum Gasteiger partial charge on any atom is -0.371 e. The highest BCUT2D eigenvalue weighted by molar-refractivity contribution is 7.91. The lowest BCUT2D eigenvalue weighted by Gasteiger charge is -2.33. The number of halogens is 1. The lowest BCUT2D eigenvalue weighted by Crippen LogP contribution is -2.39. The van der Waals surface area contributed by atoms with Crippen molar-refractivity contribution < 1.29 is 17.6 Å². The van der Waals surface area contributed by atoms with E-state index in [0.717, 1.165) is 0 Å². The largest absolute Gasteiger partial charge is 0.371 e. The van der Waals surface area contributed by atoms with Crippen LogP contribution in [-0.2, 0) is 9.84 Å². The van der Waals surface area contributed by atoms with Crippen LogP contribution in [0.3, 0.4) is 0 Å². The number of hydrogen-bond acceptors (Lipinski definition) is 4. The Balaban J connectivity index is 2.19. The van der Waals surface area contributed by atoms with E-state index in [4.69, 9.17) is 0 Å². The van der Waals surface area contributed by atoms with Gasteiger partial charge in [-0.2, -0.15) is 0 Å². The van der Waals surface area contributed by atoms with Gasteiger partial charge in [-0.05, 0) is 25.0 Å². The number of hydrogen-bond donors (Lipinski definition) is 0. The van der Waals surface area contributed by atoms with Crippen molar-refractivity contribution in [3.05, 3.63) is 29.6 Å². The summed E-state index contributed by atoms with van der Waals surface area (Å²) in [4.78, 5) is 12.8. The van der Waals surface area contributed by atoms with E-state index in [9.17, 15) is 17.6 Å². The van der Waals surface area contributed by atoms with E-state index in [1.807, 2.05) is 4.90 Å². The summed E-state index contributed by atoms with van der Waals surface area (Å²) >= 11 is 0. The lowest BCUT2D eigenvalue weighted by molar-refractivity contribution is 0.112. The maximum absolute atomic E-state index is 13.5. The number of carbonyl (C=O) groups excluding carboxylic acids is 1. The minimum atomic E-state index is -3.03. The van der Waals surface area contributed by atoms with Crippen LogP contribution in [0.25, 0.3) is 0 Å². The topological polar surface area (TPSA) is 54.5 Å². The zero-order valence-electron chi connectivity index (χ0n) is 10.7. The first-order valence-electron chi connectivity index (χ1n) is 6.11. The van der Waals surface area contributed by atoms with Crippen molar-refractivity contribution in [2.45, 2.75) is 18.1 Å². The van der Waals surface area contributed by atoms with Gasteiger partial charge in [0, 0.05) is 19.3 Å². The van der Waals surface area contributed by atoms with E-state index < -0.39 is 15.7 Å². The Kier molecular flexibility index (Phi) is 3.89. The summed E-state index contributed by atoms with van der Waals surface area (Å²) in [6, 6.07) is 4.49. The molecule has 2 rings (SSSR count). The Morgan fingerprint density at radius 3 is 2.47 bits per heavy atom. The Bertz CT molecular complexity index is 578. The fourth-order valence-electron chi connectivity index (χ4n) is 2.44. The molecule has 104 valence electrons. The third-order valence-electron chi connectivity index (χ3n) is 3.54. The van der Waals surface area contributed by atoms with Crippen LogP contribution in [0.4, 0.5) is 10.1 Å². The monoisotopic (exact) mass is 285 g/mol. The average molecular weight is 285 g/mol. The molecule has 1 saturated heterocycles. The van der Waals surface area contributed by atoms with Crippen molar-refractivity contribution in [2.24, 2.45) is 0 Å². The summed E-state index contributed by atoms with van der Waals surface area (Å²) in [5.41, 5.74) is 0.585. The second-order valence-corrected chi connectivity index (χ2v) is 7.13. The van der Waals surface area contributed by atoms with Crippen molar-refractivity contribution in [1.82, 2.24) is 0 Å². The van der Waals surface area contributed by atoms with E-state index in [2.05, 4.69) is 0 Å². The maximum atomic E-state index is 13.5. The summed E-state index contributed by atoms with van der Waals surface area (Å²) in [6.07, 6.45) is 2.76. The second-order valence-electron chi connectivity index (χ2n) is 4.81. The highest BCUT2D eigenvalue weighted by atomic mass is 32.2. The van der Waals surface area contributed by atoms with Gasteiger partial charge in [0.1, 0.15) is 15.7 Å². The number of benzene rings is 1. The molecule has 6 heteroatoms. The number of sulfone groups is 1. The molecule has 0 saturated carbocycles. The van der Waals surface area contributed by atoms with E-state index in [1.54, 1.807) is 12.1 Å². The van der Waals surface area contributed by atoms with Crippen molar-refractivity contribution in [2.75, 3.05) is 24.2 Å². The molecule has 1 aromatic rings. The Morgan fingerprint density at radius 1 is 1.32 bits per heavy atom. The first kappa shape index (κ1) is 14.0. The molecule has 1 aliphatic rings. The van der Waals surface area contributed by atoms with E-state index in [1.165, 1.54) is 12.3 Å². The first-order valence-corrected chi connectivity index (χ1v) is 8.06. The SMILES string of the molecule is CS(=O)(=O)C1CCN(c2cccc(F)c2C=O)CC1. The number of piperidine rings is 1. The smallest absolute Gasteiger partial charge is 0.155 e. The van der Waals surface area contributed by atoms with Gasteiger partial charge in [-0.15, -0.1) is 0 Å². The van der Waals surface area contributed by atoms with Gasteiger partial charge in [0.2, 0.25) is 0 Å². The molecule has 1 fully saturated rings. The summed E-state index contributed by atoms with van der Waals surface area (Å²) < 4.78 is 36.5. The van der Waals surface area contributed by atoms with Crippen LogP contribution in [0.1, 0.15) is 23.2 Å². The van der Waals surface area contributed by atoms with Gasteiger partial charge in [0.25, 0.3) is 0 Å². The summed E-state index contributed by atoms with van der Waals surface area (Å²) in [6.45, 7) is 1.03. The van der Waals surface area contributed by atoms with Crippen LogP contribution in [0.2, 0.25) is 0 Å². The fraction of sp³-hybridized carbons (Fsp3) is 0.462. The third-order valence-corrected chi connectivity index (χ3v) is 5.22. The van der Waals surface area contributed by atoms with Gasteiger partial charge in [-0.3, -0.25) is 4.79 Å². The van der Waals surface area contributed by atoms with Crippen molar-refractivity contribution in [3.63, 3.8) is 0 Å². The third kappa shape index (κ3) is 2.94. The standard InChI is InChI=1S/C13H16FNO3S/c1-19(17,18)10-5-7-15(8-6-10)13-4-2-3-12(14)11(13)9-16/h2-4,9-10H,5-8H2,1H3. The molecule has 1 heterocycles. The summed E-state index contributed by atoms with van der Waals surface area (Å²) in [7, 11) is -3.03. The average Bonchev–Trinajstić information content (AvgIpc) is 2.37. The molecule has 1 aromatic carbocycles. The van der Waals surface area contributed by atoms with E-state index >= 15 is 0 Å². The molecule has 4 nitrogen and oxygen atoms in total. The molecule has 0 aliphatic carbocycles. The van der Waals surface area contributed by atoms with Crippen molar-refractivity contribution >= 4 is 21.8 Å². The molecule has 0 N–H and O–H groups in total. The molecule has 0 amide bonds. The molecule has 0 aromatic heterocycles. The van der Waals surface area contributed by atoms with Gasteiger partial charge in [-0.1, -0.05) is 6.07 Å². The molecule has 1 aliphatic heterocycles. The Hall–Kier alpha value is -1.43.